The second-order valence-corrected chi connectivity index (χ2v) is 15.5. The molecule has 14 nitrogen and oxygen atoms in total. The number of rotatable bonds is 15. The number of nitrogens with one attached hydrogen (secondary N) is 1. The van der Waals surface area contributed by atoms with Crippen molar-refractivity contribution in [1.82, 2.24) is 15.1 Å². The Morgan fingerprint density at radius 3 is 2.37 bits per heavy atom. The highest BCUT2D eigenvalue weighted by molar-refractivity contribution is 8.76. The number of nitrogens with zero attached hydrogens (tertiary/aromatic N) is 2. The van der Waals surface area contributed by atoms with Crippen molar-refractivity contribution in [2.24, 2.45) is 5.73 Å². The van der Waals surface area contributed by atoms with Gasteiger partial charge in [-0.15, -0.1) is 11.8 Å². The van der Waals surface area contributed by atoms with Gasteiger partial charge in [0.1, 0.15) is 48.2 Å². The summed E-state index contributed by atoms with van der Waals surface area (Å²) in [6, 6.07) is 2.18. The lowest BCUT2D eigenvalue weighted by Crippen LogP contribution is -2.71. The molecule has 0 bridgehead atoms. The number of thioether (sulfide) groups is 1. The zero-order chi connectivity index (χ0) is 33.6. The van der Waals surface area contributed by atoms with Gasteiger partial charge in [-0.1, -0.05) is 40.6 Å². The Labute approximate surface area is 278 Å². The van der Waals surface area contributed by atoms with Crippen molar-refractivity contribution in [3.05, 3.63) is 41.7 Å². The highest BCUT2D eigenvalue weighted by Crippen LogP contribution is 2.51. The van der Waals surface area contributed by atoms with Crippen LogP contribution in [0.4, 0.5) is 0 Å². The number of esters is 2. The Kier molecular flexibility index (Phi) is 12.2. The molecular formula is C29H38N4O10S3. The molecule has 1 aromatic rings. The van der Waals surface area contributed by atoms with Gasteiger partial charge in [0, 0.05) is 22.7 Å². The van der Waals surface area contributed by atoms with Gasteiger partial charge in [0.15, 0.2) is 12.3 Å². The molecular weight excluding hydrogens is 661 g/mol. The van der Waals surface area contributed by atoms with Crippen LogP contribution in [0.2, 0.25) is 0 Å². The Bertz CT molecular complexity index is 1330. The van der Waals surface area contributed by atoms with Crippen LogP contribution in [-0.4, -0.2) is 116 Å². The summed E-state index contributed by atoms with van der Waals surface area (Å²) >= 11 is 1.41. The number of phenols is 1. The molecule has 2 unspecified atom stereocenters. The molecule has 3 fully saturated rings. The average Bonchev–Trinajstić information content (AvgIpc) is 3.52. The maximum atomic E-state index is 13.1. The summed E-state index contributed by atoms with van der Waals surface area (Å²) in [4.78, 5) is 65.7. The van der Waals surface area contributed by atoms with Crippen LogP contribution in [-0.2, 0) is 38.2 Å². The maximum absolute atomic E-state index is 13.1. The third-order valence-electron chi connectivity index (χ3n) is 7.56. The number of aromatic hydroxyl groups is 1. The Morgan fingerprint density at radius 1 is 1.15 bits per heavy atom. The van der Waals surface area contributed by atoms with E-state index in [9.17, 15) is 34.2 Å². The monoisotopic (exact) mass is 698 g/mol. The van der Waals surface area contributed by atoms with Gasteiger partial charge in [-0.05, 0) is 37.6 Å². The van der Waals surface area contributed by atoms with Gasteiger partial charge in [-0.25, -0.2) is 9.59 Å². The number of hydrogen-bond acceptors (Lipinski definition) is 14. The number of hydrogen-bond donors (Lipinski definition) is 4. The van der Waals surface area contributed by atoms with Crippen molar-refractivity contribution in [2.45, 2.75) is 67.7 Å². The third-order valence-corrected chi connectivity index (χ3v) is 11.5. The lowest BCUT2D eigenvalue weighted by Gasteiger charge is -2.44. The number of carbonyl (C=O) groups excluding carboxylic acids is 5. The van der Waals surface area contributed by atoms with Crippen LogP contribution in [0.25, 0.3) is 0 Å². The topological polar surface area (TPSA) is 198 Å². The van der Waals surface area contributed by atoms with Crippen molar-refractivity contribution in [2.75, 3.05) is 31.3 Å². The van der Waals surface area contributed by atoms with Crippen LogP contribution < -0.4 is 11.1 Å². The fourth-order valence-electron chi connectivity index (χ4n) is 5.34. The van der Waals surface area contributed by atoms with Crippen molar-refractivity contribution in [3.8, 4) is 5.75 Å². The van der Waals surface area contributed by atoms with E-state index in [1.807, 2.05) is 20.8 Å². The fourth-order valence-corrected chi connectivity index (χ4v) is 8.61. The van der Waals surface area contributed by atoms with E-state index in [2.05, 4.69) is 5.32 Å². The van der Waals surface area contributed by atoms with E-state index in [1.54, 1.807) is 0 Å². The van der Waals surface area contributed by atoms with Gasteiger partial charge in [-0.2, -0.15) is 0 Å². The van der Waals surface area contributed by atoms with Gasteiger partial charge < -0.3 is 40.4 Å². The summed E-state index contributed by atoms with van der Waals surface area (Å²) in [7, 11) is 2.83. The quantitative estimate of drug-likeness (QED) is 0.0662. The molecule has 3 amide bonds. The minimum atomic E-state index is -1.04. The zero-order valence-electron chi connectivity index (χ0n) is 25.5. The number of phenolic OH excluding ortho intramolecular Hbond substituents is 1. The lowest BCUT2D eigenvalue weighted by atomic mass is 9.95. The summed E-state index contributed by atoms with van der Waals surface area (Å²) in [5.41, 5.74) is 6.54. The standard InChI is InChI=1S/C29H38N4O10S3/c1-4-19-32(15-35)22(18(43-19)9-10-34)27(39)41-11-13-44-45-14-12-42-28(40)23-29(2,3)46-26-21(25(38)33(23)26)31-24(37)20(30)16-5-7-17(36)8-6-16/h5-9,15,19-23,26,34,36H,4,10-14,30H2,1-3H3,(H,31,37)/b18-9-/t19-,20?,21+,22-,23?,26+/m1/s1. The normalized spacial score (nSPS) is 26.2. The number of ether oxygens (including phenoxy) is 3. The van der Waals surface area contributed by atoms with Gasteiger partial charge in [0.25, 0.3) is 0 Å². The molecule has 46 heavy (non-hydrogen) atoms. The van der Waals surface area contributed by atoms with Crippen LogP contribution in [0.3, 0.4) is 0 Å². The second-order valence-electron chi connectivity index (χ2n) is 11.0. The number of nitrogens with two attached hydrogens (primary N) is 1. The molecule has 0 radical (unpaired) electrons. The van der Waals surface area contributed by atoms with E-state index in [1.165, 1.54) is 73.5 Å². The van der Waals surface area contributed by atoms with Gasteiger partial charge in [0.05, 0.1) is 6.61 Å². The smallest absolute Gasteiger partial charge is 0.336 e. The van der Waals surface area contributed by atoms with Crippen LogP contribution in [0.1, 0.15) is 38.8 Å². The summed E-state index contributed by atoms with van der Waals surface area (Å²) in [5, 5.41) is 20.9. The molecule has 0 spiro atoms. The first-order valence-electron chi connectivity index (χ1n) is 14.6. The molecule has 0 saturated carbocycles. The van der Waals surface area contributed by atoms with E-state index in [4.69, 9.17) is 19.9 Å². The molecule has 3 aliphatic rings. The van der Waals surface area contributed by atoms with Crippen molar-refractivity contribution < 1.29 is 48.4 Å². The average molecular weight is 699 g/mol. The van der Waals surface area contributed by atoms with Crippen LogP contribution >= 0.6 is 33.3 Å². The van der Waals surface area contributed by atoms with E-state index < -0.39 is 58.4 Å². The number of aliphatic hydroxyl groups is 1. The summed E-state index contributed by atoms with van der Waals surface area (Å²) in [6.45, 7) is 5.33. The maximum Gasteiger partial charge on any atom is 0.336 e. The zero-order valence-corrected chi connectivity index (χ0v) is 28.0. The highest BCUT2D eigenvalue weighted by atomic mass is 33.1. The third kappa shape index (κ3) is 7.70. The first-order valence-corrected chi connectivity index (χ1v) is 17.9. The predicted molar refractivity (Wildman–Crippen MR) is 172 cm³/mol. The highest BCUT2D eigenvalue weighted by Gasteiger charge is 2.64. The molecule has 252 valence electrons. The number of benzene rings is 1. The largest absolute Gasteiger partial charge is 0.508 e. The second kappa shape index (κ2) is 15.6. The van der Waals surface area contributed by atoms with Crippen molar-refractivity contribution in [1.29, 1.82) is 0 Å². The Balaban J connectivity index is 1.16. The van der Waals surface area contributed by atoms with Gasteiger partial charge in [0.2, 0.25) is 18.2 Å². The van der Waals surface area contributed by atoms with Gasteiger partial charge in [-0.3, -0.25) is 19.3 Å². The van der Waals surface area contributed by atoms with Crippen LogP contribution in [0, 0.1) is 0 Å². The molecule has 0 aliphatic carbocycles. The van der Waals surface area contributed by atoms with Crippen LogP contribution in [0.5, 0.6) is 5.75 Å². The first kappa shape index (κ1) is 35.7. The number of aliphatic hydroxyl groups excluding tert-OH is 1. The SMILES string of the molecule is CC[C@H]1O/C(=C\CO)[C@H](C(=O)OCCSSCCOC(=O)C2N3C(=O)[C@H](NC(=O)C(N)c4ccc(O)cc4)[C@@H]3SC2(C)C)N1C=O. The lowest BCUT2D eigenvalue weighted by molar-refractivity contribution is -0.164. The van der Waals surface area contributed by atoms with E-state index in [0.29, 0.717) is 29.9 Å². The van der Waals surface area contributed by atoms with Crippen molar-refractivity contribution >= 4 is 63.5 Å². The minimum absolute atomic E-state index is 0.0425. The predicted octanol–water partition coefficient (Wildman–Crippen LogP) is 0.876. The van der Waals surface area contributed by atoms with Gasteiger partial charge >= 0.3 is 11.9 Å². The number of amides is 3. The summed E-state index contributed by atoms with van der Waals surface area (Å²) in [5.74, 6) is -1.00. The summed E-state index contributed by atoms with van der Waals surface area (Å²) < 4.78 is 15.8. The molecule has 5 N–H and O–H groups in total. The molecule has 0 aromatic heterocycles. The molecule has 6 atom stereocenters. The number of β-lactam (4-membered cyclic amide) rings is 1. The molecule has 1 aromatic carbocycles. The minimum Gasteiger partial charge on any atom is -0.508 e. The van der Waals surface area contributed by atoms with Crippen LogP contribution in [0.15, 0.2) is 36.1 Å². The molecule has 3 heterocycles. The summed E-state index contributed by atoms with van der Waals surface area (Å²) in [6.07, 6.45) is 1.72. The van der Waals surface area contributed by atoms with E-state index in [-0.39, 0.29) is 37.2 Å². The van der Waals surface area contributed by atoms with E-state index in [0.717, 1.165) is 0 Å². The number of carbonyl (C=O) groups is 5. The Morgan fingerprint density at radius 2 is 1.78 bits per heavy atom. The molecule has 3 aliphatic heterocycles. The molecule has 17 heteroatoms. The molecule has 3 saturated heterocycles. The molecule has 4 rings (SSSR count). The Hall–Kier alpha value is -3.12. The van der Waals surface area contributed by atoms with Crippen molar-refractivity contribution in [3.63, 3.8) is 0 Å². The van der Waals surface area contributed by atoms with E-state index >= 15 is 0 Å². The number of fused-ring (bicyclic) bond motifs is 1. The first-order chi connectivity index (χ1) is 21.9. The fraction of sp³-hybridized carbons (Fsp3) is 0.552.